The van der Waals surface area contributed by atoms with Crippen molar-refractivity contribution in [2.24, 2.45) is 0 Å². The van der Waals surface area contributed by atoms with Crippen LogP contribution in [-0.4, -0.2) is 42.7 Å². The first-order valence-electron chi connectivity index (χ1n) is 7.03. The number of aromatic nitrogens is 2. The second kappa shape index (κ2) is 5.72. The van der Waals surface area contributed by atoms with Crippen LogP contribution in [0.4, 0.5) is 3.89 Å². The fraction of sp³-hybridized carbons (Fsp3) is 0.125. The molecule has 0 aliphatic rings. The van der Waals surface area contributed by atoms with Crippen molar-refractivity contribution in [3.8, 4) is 11.3 Å². The Morgan fingerprint density at radius 2 is 1.92 bits per heavy atom. The Morgan fingerprint density at radius 3 is 2.58 bits per heavy atom. The number of fused-ring (bicyclic) bond motifs is 1. The third-order valence-electron chi connectivity index (χ3n) is 3.53. The number of pyridine rings is 1. The monoisotopic (exact) mass is 347 g/mol. The summed E-state index contributed by atoms with van der Waals surface area (Å²) in [6.45, 7) is 0. The van der Waals surface area contributed by atoms with Crippen molar-refractivity contribution < 1.29 is 17.1 Å². The molecule has 8 heteroatoms. The topological polar surface area (TPSA) is 71.8 Å². The van der Waals surface area contributed by atoms with Crippen molar-refractivity contribution in [1.82, 2.24) is 14.3 Å². The third-order valence-corrected chi connectivity index (χ3v) is 4.35. The zero-order valence-corrected chi connectivity index (χ0v) is 13.8. The number of carbonyl (C=O) groups is 1. The van der Waals surface area contributed by atoms with Gasteiger partial charge in [-0.2, -0.15) is 8.42 Å². The standard InChI is InChI=1S/C16H14FN3O3S/c1-19(2)16(21)15-18-14(13-8-3-4-9-20(13)15)11-6-5-7-12(10-11)24(17,22)23/h3-10H,1-2H3. The molecular weight excluding hydrogens is 333 g/mol. The minimum Gasteiger partial charge on any atom is -0.342 e. The molecule has 3 aromatic rings. The van der Waals surface area contributed by atoms with E-state index < -0.39 is 15.1 Å². The van der Waals surface area contributed by atoms with Crippen LogP contribution in [-0.2, 0) is 10.2 Å². The summed E-state index contributed by atoms with van der Waals surface area (Å²) in [4.78, 5) is 17.6. The van der Waals surface area contributed by atoms with Gasteiger partial charge >= 0.3 is 10.2 Å². The molecule has 2 heterocycles. The molecule has 0 spiro atoms. The van der Waals surface area contributed by atoms with Crippen molar-refractivity contribution in [3.63, 3.8) is 0 Å². The summed E-state index contributed by atoms with van der Waals surface area (Å²) in [7, 11) is -1.59. The molecule has 6 nitrogen and oxygen atoms in total. The van der Waals surface area contributed by atoms with E-state index in [9.17, 15) is 17.1 Å². The number of hydrogen-bond acceptors (Lipinski definition) is 4. The Labute approximate surface area is 138 Å². The second-order valence-corrected chi connectivity index (χ2v) is 6.75. The first kappa shape index (κ1) is 16.1. The Balaban J connectivity index is 2.26. The predicted octanol–water partition coefficient (Wildman–Crippen LogP) is 2.36. The Kier molecular flexibility index (Phi) is 3.84. The van der Waals surface area contributed by atoms with E-state index in [0.717, 1.165) is 0 Å². The predicted molar refractivity (Wildman–Crippen MR) is 86.9 cm³/mol. The fourth-order valence-electron chi connectivity index (χ4n) is 2.40. The maximum absolute atomic E-state index is 13.3. The molecule has 2 aromatic heterocycles. The van der Waals surface area contributed by atoms with Gasteiger partial charge in [0, 0.05) is 25.9 Å². The first-order chi connectivity index (χ1) is 11.3. The van der Waals surface area contributed by atoms with Crippen LogP contribution in [0.5, 0.6) is 0 Å². The summed E-state index contributed by atoms with van der Waals surface area (Å²) in [6.07, 6.45) is 1.69. The molecule has 0 aliphatic carbocycles. The van der Waals surface area contributed by atoms with Gasteiger partial charge in [-0.05, 0) is 24.3 Å². The molecular formula is C16H14FN3O3S. The van der Waals surface area contributed by atoms with E-state index in [1.54, 1.807) is 49.0 Å². The molecule has 0 saturated heterocycles. The summed E-state index contributed by atoms with van der Waals surface area (Å²) in [6, 6.07) is 10.7. The van der Waals surface area contributed by atoms with Gasteiger partial charge in [0.1, 0.15) is 0 Å². The zero-order chi connectivity index (χ0) is 17.5. The smallest absolute Gasteiger partial charge is 0.332 e. The third kappa shape index (κ3) is 2.76. The Morgan fingerprint density at radius 1 is 1.17 bits per heavy atom. The lowest BCUT2D eigenvalue weighted by molar-refractivity contribution is 0.0815. The van der Waals surface area contributed by atoms with Gasteiger partial charge < -0.3 is 4.90 Å². The molecule has 0 bridgehead atoms. The van der Waals surface area contributed by atoms with Gasteiger partial charge in [-0.25, -0.2) is 4.98 Å². The van der Waals surface area contributed by atoms with Crippen molar-refractivity contribution in [2.75, 3.05) is 14.1 Å². The number of carbonyl (C=O) groups excluding carboxylic acids is 1. The van der Waals surface area contributed by atoms with Crippen LogP contribution in [0.1, 0.15) is 10.6 Å². The Hall–Kier alpha value is -2.74. The lowest BCUT2D eigenvalue weighted by Crippen LogP contribution is -2.24. The maximum atomic E-state index is 13.3. The summed E-state index contributed by atoms with van der Waals surface area (Å²) < 4.78 is 37.1. The number of rotatable bonds is 3. The van der Waals surface area contributed by atoms with Crippen LogP contribution in [0, 0.1) is 0 Å². The van der Waals surface area contributed by atoms with Crippen molar-refractivity contribution >= 4 is 21.6 Å². The highest BCUT2D eigenvalue weighted by atomic mass is 32.3. The molecule has 0 fully saturated rings. The number of benzene rings is 1. The van der Waals surface area contributed by atoms with Gasteiger partial charge in [0.25, 0.3) is 5.91 Å². The van der Waals surface area contributed by atoms with Crippen LogP contribution >= 0.6 is 0 Å². The van der Waals surface area contributed by atoms with E-state index in [4.69, 9.17) is 0 Å². The quantitative estimate of drug-likeness (QED) is 0.682. The molecule has 0 saturated carbocycles. The molecule has 1 amide bonds. The van der Waals surface area contributed by atoms with Crippen LogP contribution in [0.3, 0.4) is 0 Å². The molecule has 24 heavy (non-hydrogen) atoms. The molecule has 0 aliphatic heterocycles. The van der Waals surface area contributed by atoms with Crippen LogP contribution in [0.25, 0.3) is 16.8 Å². The Bertz CT molecular complexity index is 1040. The zero-order valence-electron chi connectivity index (χ0n) is 13.0. The van der Waals surface area contributed by atoms with Crippen LogP contribution in [0.15, 0.2) is 53.6 Å². The molecule has 1 aromatic carbocycles. The highest BCUT2D eigenvalue weighted by Gasteiger charge is 2.20. The van der Waals surface area contributed by atoms with E-state index in [1.165, 1.54) is 23.1 Å². The summed E-state index contributed by atoms with van der Waals surface area (Å²) in [5.41, 5.74) is 1.44. The van der Waals surface area contributed by atoms with Crippen LogP contribution < -0.4 is 0 Å². The molecule has 0 unspecified atom stereocenters. The van der Waals surface area contributed by atoms with E-state index in [1.807, 2.05) is 0 Å². The molecule has 0 atom stereocenters. The minimum absolute atomic E-state index is 0.194. The van der Waals surface area contributed by atoms with Gasteiger partial charge in [0.15, 0.2) is 0 Å². The van der Waals surface area contributed by atoms with Gasteiger partial charge in [-0.1, -0.05) is 18.2 Å². The highest BCUT2D eigenvalue weighted by molar-refractivity contribution is 7.86. The highest BCUT2D eigenvalue weighted by Crippen LogP contribution is 2.27. The maximum Gasteiger partial charge on any atom is 0.332 e. The summed E-state index contributed by atoms with van der Waals surface area (Å²) in [5.74, 6) is -0.101. The minimum atomic E-state index is -4.82. The lowest BCUT2D eigenvalue weighted by atomic mass is 10.1. The molecule has 0 N–H and O–H groups in total. The van der Waals surface area contributed by atoms with Crippen LogP contribution in [0.2, 0.25) is 0 Å². The van der Waals surface area contributed by atoms with Gasteiger partial charge in [0.05, 0.1) is 16.1 Å². The molecule has 124 valence electrons. The number of amides is 1. The van der Waals surface area contributed by atoms with E-state index >= 15 is 0 Å². The number of hydrogen-bond donors (Lipinski definition) is 0. The number of imidazole rings is 1. The van der Waals surface area contributed by atoms with E-state index in [2.05, 4.69) is 4.98 Å². The SMILES string of the molecule is CN(C)C(=O)c1nc(-c2cccc(S(=O)(=O)F)c2)c2ccccn12. The van der Waals surface area contributed by atoms with Gasteiger partial charge in [-0.3, -0.25) is 9.20 Å². The van der Waals surface area contributed by atoms with E-state index in [-0.39, 0.29) is 11.7 Å². The van der Waals surface area contributed by atoms with Gasteiger partial charge in [-0.15, -0.1) is 3.89 Å². The van der Waals surface area contributed by atoms with Gasteiger partial charge in [0.2, 0.25) is 5.82 Å². The molecule has 3 rings (SSSR count). The average Bonchev–Trinajstić information content (AvgIpc) is 2.93. The lowest BCUT2D eigenvalue weighted by Gasteiger charge is -2.08. The molecule has 0 radical (unpaired) electrons. The number of halogens is 1. The summed E-state index contributed by atoms with van der Waals surface area (Å²) in [5, 5.41) is 0. The summed E-state index contributed by atoms with van der Waals surface area (Å²) >= 11 is 0. The second-order valence-electron chi connectivity index (χ2n) is 5.41. The first-order valence-corrected chi connectivity index (χ1v) is 8.41. The van der Waals surface area contributed by atoms with Crippen molar-refractivity contribution in [1.29, 1.82) is 0 Å². The average molecular weight is 347 g/mol. The number of nitrogens with zero attached hydrogens (tertiary/aromatic N) is 3. The largest absolute Gasteiger partial charge is 0.342 e. The normalized spacial score (nSPS) is 11.6. The van der Waals surface area contributed by atoms with Crippen molar-refractivity contribution in [3.05, 3.63) is 54.5 Å². The van der Waals surface area contributed by atoms with E-state index in [0.29, 0.717) is 16.8 Å². The van der Waals surface area contributed by atoms with Crippen molar-refractivity contribution in [2.45, 2.75) is 4.90 Å². The fourth-order valence-corrected chi connectivity index (χ4v) is 2.91.